The van der Waals surface area contributed by atoms with E-state index in [1.54, 1.807) is 6.07 Å². The Labute approximate surface area is 112 Å². The molecule has 0 atom stereocenters. The number of halogens is 9. The average Bonchev–Trinajstić information content (AvgIpc) is 2.12. The van der Waals surface area contributed by atoms with Crippen LogP contribution in [-0.4, -0.2) is 0 Å². The Bertz CT molecular complexity index is 449. The molecule has 0 amide bonds. The molecular weight excluding hydrogens is 328 g/mol. The standard InChI is InChI=1S/C9H2Cl3F6/c10-6-4(8(13,14)15)2-1-3(7(11)12)5(6)9(16,17)18/h2,7H. The molecule has 1 aromatic rings. The van der Waals surface area contributed by atoms with E-state index in [2.05, 4.69) is 0 Å². The van der Waals surface area contributed by atoms with Crippen molar-refractivity contribution in [2.45, 2.75) is 17.2 Å². The SMILES string of the molecule is FC(F)(F)c1c[c]c(C(Cl)Cl)c(C(F)(F)F)c1Cl. The van der Waals surface area contributed by atoms with Gasteiger partial charge in [0.25, 0.3) is 0 Å². The summed E-state index contributed by atoms with van der Waals surface area (Å²) in [6, 6.07) is 2.05. The summed E-state index contributed by atoms with van der Waals surface area (Å²) in [6.07, 6.45) is -10.1. The van der Waals surface area contributed by atoms with Gasteiger partial charge in [-0.15, -0.1) is 23.2 Å². The first-order valence-electron chi connectivity index (χ1n) is 4.13. The van der Waals surface area contributed by atoms with E-state index in [9.17, 15) is 26.3 Å². The number of rotatable bonds is 1. The van der Waals surface area contributed by atoms with Crippen LogP contribution in [0.3, 0.4) is 0 Å². The summed E-state index contributed by atoms with van der Waals surface area (Å²) in [7, 11) is 0. The largest absolute Gasteiger partial charge is 0.418 e. The average molecular weight is 330 g/mol. The van der Waals surface area contributed by atoms with E-state index in [0.717, 1.165) is 0 Å². The van der Waals surface area contributed by atoms with Crippen LogP contribution in [0.2, 0.25) is 5.02 Å². The van der Waals surface area contributed by atoms with Crippen molar-refractivity contribution in [2.24, 2.45) is 0 Å². The second kappa shape index (κ2) is 4.98. The third-order valence-corrected chi connectivity index (χ3v) is 2.73. The lowest BCUT2D eigenvalue weighted by Crippen LogP contribution is -2.15. The van der Waals surface area contributed by atoms with Crippen molar-refractivity contribution in [3.8, 4) is 0 Å². The minimum absolute atomic E-state index is 0.282. The van der Waals surface area contributed by atoms with Gasteiger partial charge in [0.05, 0.1) is 16.1 Å². The monoisotopic (exact) mass is 329 g/mol. The zero-order valence-corrected chi connectivity index (χ0v) is 10.3. The zero-order chi connectivity index (χ0) is 14.3. The van der Waals surface area contributed by atoms with Gasteiger partial charge in [-0.05, 0) is 12.1 Å². The molecule has 1 rings (SSSR count). The van der Waals surface area contributed by atoms with E-state index in [-0.39, 0.29) is 6.07 Å². The molecule has 0 fully saturated rings. The fourth-order valence-electron chi connectivity index (χ4n) is 1.19. The highest BCUT2D eigenvalue weighted by molar-refractivity contribution is 6.44. The Morgan fingerprint density at radius 2 is 1.50 bits per heavy atom. The number of alkyl halides is 8. The van der Waals surface area contributed by atoms with E-state index in [1.807, 2.05) is 0 Å². The summed E-state index contributed by atoms with van der Waals surface area (Å²) in [4.78, 5) is -1.69. The molecule has 1 aromatic carbocycles. The number of hydrogen-bond acceptors (Lipinski definition) is 0. The summed E-state index contributed by atoms with van der Waals surface area (Å²) in [5.74, 6) is 0. The van der Waals surface area contributed by atoms with E-state index in [0.29, 0.717) is 0 Å². The fraction of sp³-hybridized carbons (Fsp3) is 0.333. The van der Waals surface area contributed by atoms with Crippen LogP contribution >= 0.6 is 34.8 Å². The maximum absolute atomic E-state index is 12.6. The maximum Gasteiger partial charge on any atom is 0.418 e. The molecule has 18 heavy (non-hydrogen) atoms. The third kappa shape index (κ3) is 3.16. The van der Waals surface area contributed by atoms with Gasteiger partial charge in [-0.3, -0.25) is 0 Å². The van der Waals surface area contributed by atoms with Crippen molar-refractivity contribution in [1.29, 1.82) is 0 Å². The van der Waals surface area contributed by atoms with Gasteiger partial charge in [0.2, 0.25) is 0 Å². The van der Waals surface area contributed by atoms with Crippen molar-refractivity contribution in [1.82, 2.24) is 0 Å². The molecule has 9 heteroatoms. The highest BCUT2D eigenvalue weighted by Crippen LogP contribution is 2.46. The summed E-state index contributed by atoms with van der Waals surface area (Å²) < 4.78 is 75.2. The molecule has 0 aliphatic heterocycles. The molecule has 1 radical (unpaired) electrons. The first-order valence-corrected chi connectivity index (χ1v) is 5.38. The van der Waals surface area contributed by atoms with Gasteiger partial charge in [0.15, 0.2) is 0 Å². The van der Waals surface area contributed by atoms with Gasteiger partial charge >= 0.3 is 12.4 Å². The molecule has 0 nitrogen and oxygen atoms in total. The predicted octanol–water partition coefficient (Wildman–Crippen LogP) is 5.65. The van der Waals surface area contributed by atoms with E-state index < -0.39 is 38.9 Å². The van der Waals surface area contributed by atoms with Crippen LogP contribution in [0.4, 0.5) is 26.3 Å². The van der Waals surface area contributed by atoms with Gasteiger partial charge in [-0.1, -0.05) is 11.6 Å². The molecular formula is C9H2Cl3F6. The van der Waals surface area contributed by atoms with Crippen molar-refractivity contribution in [3.63, 3.8) is 0 Å². The topological polar surface area (TPSA) is 0 Å². The van der Waals surface area contributed by atoms with Crippen molar-refractivity contribution in [2.75, 3.05) is 0 Å². The second-order valence-electron chi connectivity index (χ2n) is 3.10. The maximum atomic E-state index is 12.6. The summed E-state index contributed by atoms with van der Waals surface area (Å²) >= 11 is 15.6. The van der Waals surface area contributed by atoms with Crippen LogP contribution in [0.25, 0.3) is 0 Å². The molecule has 0 N–H and O–H groups in total. The highest BCUT2D eigenvalue weighted by atomic mass is 35.5. The lowest BCUT2D eigenvalue weighted by molar-refractivity contribution is -0.143. The van der Waals surface area contributed by atoms with Crippen LogP contribution in [-0.2, 0) is 12.4 Å². The van der Waals surface area contributed by atoms with Crippen LogP contribution < -0.4 is 0 Å². The first-order chi connectivity index (χ1) is 7.96. The molecule has 0 saturated carbocycles. The molecule has 0 bridgehead atoms. The van der Waals surface area contributed by atoms with Crippen LogP contribution in [0.15, 0.2) is 6.07 Å². The molecule has 0 aliphatic carbocycles. The molecule has 101 valence electrons. The summed E-state index contributed by atoms with van der Waals surface area (Å²) in [5.41, 5.74) is -4.22. The number of hydrogen-bond donors (Lipinski definition) is 0. The van der Waals surface area contributed by atoms with Crippen LogP contribution in [0.1, 0.15) is 21.5 Å². The highest BCUT2D eigenvalue weighted by Gasteiger charge is 2.43. The Morgan fingerprint density at radius 1 is 1.00 bits per heavy atom. The molecule has 0 heterocycles. The van der Waals surface area contributed by atoms with Gasteiger partial charge in [-0.2, -0.15) is 26.3 Å². The molecule has 0 unspecified atom stereocenters. The Morgan fingerprint density at radius 3 is 1.83 bits per heavy atom. The Hall–Kier alpha value is -0.330. The molecule has 0 saturated heterocycles. The minimum atomic E-state index is -5.12. The lowest BCUT2D eigenvalue weighted by atomic mass is 10.0. The van der Waals surface area contributed by atoms with Gasteiger partial charge in [0, 0.05) is 5.56 Å². The Kier molecular flexibility index (Phi) is 4.35. The smallest absolute Gasteiger partial charge is 0.166 e. The summed E-state index contributed by atoms with van der Waals surface area (Å²) in [6.45, 7) is 0. The summed E-state index contributed by atoms with van der Waals surface area (Å²) in [5, 5.41) is -1.49. The van der Waals surface area contributed by atoms with E-state index in [1.165, 1.54) is 0 Å². The van der Waals surface area contributed by atoms with Gasteiger partial charge in [0.1, 0.15) is 4.84 Å². The third-order valence-electron chi connectivity index (χ3n) is 1.90. The van der Waals surface area contributed by atoms with Crippen molar-refractivity contribution >= 4 is 34.8 Å². The van der Waals surface area contributed by atoms with Crippen molar-refractivity contribution < 1.29 is 26.3 Å². The Balaban J connectivity index is 3.61. The van der Waals surface area contributed by atoms with Crippen LogP contribution in [0.5, 0.6) is 0 Å². The van der Waals surface area contributed by atoms with Gasteiger partial charge < -0.3 is 0 Å². The minimum Gasteiger partial charge on any atom is -0.166 e. The van der Waals surface area contributed by atoms with E-state index >= 15 is 0 Å². The zero-order valence-electron chi connectivity index (χ0n) is 8.06. The fourth-order valence-corrected chi connectivity index (χ4v) is 1.91. The number of benzene rings is 1. The van der Waals surface area contributed by atoms with Gasteiger partial charge in [-0.25, -0.2) is 0 Å². The molecule has 0 aliphatic rings. The molecule has 0 spiro atoms. The molecule has 0 aromatic heterocycles. The second-order valence-corrected chi connectivity index (χ2v) is 4.58. The predicted molar refractivity (Wildman–Crippen MR) is 54.7 cm³/mol. The van der Waals surface area contributed by atoms with Crippen LogP contribution in [0, 0.1) is 6.07 Å². The van der Waals surface area contributed by atoms with Crippen molar-refractivity contribution in [3.05, 3.63) is 33.8 Å². The lowest BCUT2D eigenvalue weighted by Gasteiger charge is -2.18. The normalized spacial score (nSPS) is 13.2. The van der Waals surface area contributed by atoms with E-state index in [4.69, 9.17) is 34.8 Å². The quantitative estimate of drug-likeness (QED) is 0.461. The first kappa shape index (κ1) is 15.7.